The molecule has 4 aliphatic heterocycles. The second kappa shape index (κ2) is 61.7. The smallest absolute Gasteiger partial charge is 0.335 e. The lowest BCUT2D eigenvalue weighted by atomic mass is 9.92. The van der Waals surface area contributed by atoms with Gasteiger partial charge in [0.2, 0.25) is 35.4 Å². The highest BCUT2D eigenvalue weighted by atomic mass is 16.7. The summed E-state index contributed by atoms with van der Waals surface area (Å²) < 4.78 is 107. The number of carbonyl (C=O) groups excluding carboxylic acids is 18. The standard InChI is InChI=1S/C82H129N7O41/c1-48(123-54(7)95)75-74(110)78(126-57(10)98)71(88-51(4)92)81(129-75)120-34-16-13-22-62(101)85-31-19-37-117-67(106)27-40-113-46-82(47-114-41-28-68(107)130-89-63(102)23-24-64(89)103,44-111-38-25-65(104)115-35-17-29-83-60(99)20-11-14-32-118-79-69(86-49(2)90)76(124-55(8)96)72(108)58(127-79)42-121-52(5)93)45-112-39-26-66(105)116-36-18-30-84-61(100)21-12-15-33-119-80-70(87-50(3)91)77(125-56(9)97)73(109)59(128-80)43-122-53(6)94/h48,58-59,69-81,108-110H,11-47H2,1-10H3,(H,83,99)(H,84,100)(H,85,101)(H,86,90)(H,87,91)(H,88,92)/t48-,58?,59?,69?,70?,71?,72?,73?,74?,75?,76?,77?,78?,79?,80?,81?,82?/m0/s1. The average molecular weight is 1870 g/mol. The van der Waals surface area contributed by atoms with Gasteiger partial charge in [-0.1, -0.05) is 0 Å². The van der Waals surface area contributed by atoms with Crippen LogP contribution in [0.15, 0.2) is 0 Å². The van der Waals surface area contributed by atoms with Gasteiger partial charge in [-0.3, -0.25) is 81.5 Å². The van der Waals surface area contributed by atoms with Crippen molar-refractivity contribution in [3.05, 3.63) is 0 Å². The number of rotatable bonds is 63. The molecule has 0 aromatic rings. The van der Waals surface area contributed by atoms with Gasteiger partial charge >= 0.3 is 59.7 Å². The zero-order valence-electron chi connectivity index (χ0n) is 75.2. The molecule has 0 saturated carbocycles. The summed E-state index contributed by atoms with van der Waals surface area (Å²) in [5.41, 5.74) is -1.36. The minimum atomic E-state index is -1.54. The molecule has 4 heterocycles. The number of hydroxylamine groups is 2. The fourth-order valence-electron chi connectivity index (χ4n) is 13.2. The Hall–Kier alpha value is -9.86. The summed E-state index contributed by atoms with van der Waals surface area (Å²) in [6, 6.07) is -3.48. The first-order valence-electron chi connectivity index (χ1n) is 43.1. The first kappa shape index (κ1) is 112. The fraction of sp³-hybridized carbons (Fsp3) is 0.780. The number of amides is 8. The normalized spacial score (nSPS) is 23.0. The molecule has 0 aromatic carbocycles. The Morgan fingerprint density at radius 2 is 0.692 bits per heavy atom. The van der Waals surface area contributed by atoms with Crippen LogP contribution in [-0.4, -0.2) is 351 Å². The van der Waals surface area contributed by atoms with E-state index in [9.17, 15) is 102 Å². The van der Waals surface area contributed by atoms with Crippen molar-refractivity contribution in [1.82, 2.24) is 37.0 Å². The van der Waals surface area contributed by atoms with Crippen molar-refractivity contribution in [2.75, 3.05) is 125 Å². The van der Waals surface area contributed by atoms with Gasteiger partial charge in [-0.2, -0.15) is 0 Å². The van der Waals surface area contributed by atoms with Crippen LogP contribution >= 0.6 is 0 Å². The fourth-order valence-corrected chi connectivity index (χ4v) is 13.2. The Morgan fingerprint density at radius 3 is 1.00 bits per heavy atom. The van der Waals surface area contributed by atoms with Crippen LogP contribution in [0.4, 0.5) is 0 Å². The molecule has 4 saturated heterocycles. The second-order valence-electron chi connectivity index (χ2n) is 30.9. The van der Waals surface area contributed by atoms with Crippen molar-refractivity contribution in [2.24, 2.45) is 5.41 Å². The summed E-state index contributed by atoms with van der Waals surface area (Å²) in [7, 11) is 0. The highest BCUT2D eigenvalue weighted by molar-refractivity contribution is 6.01. The summed E-state index contributed by atoms with van der Waals surface area (Å²) in [5, 5.41) is 49.2. The molecule has 0 aliphatic carbocycles. The number of nitrogens with zero attached hydrogens (tertiary/aromatic N) is 1. The molecule has 16 atom stereocenters. The second-order valence-corrected chi connectivity index (χ2v) is 30.9. The molecular weight excluding hydrogens is 1740 g/mol. The molecule has 0 radical (unpaired) electrons. The van der Waals surface area contributed by atoms with Gasteiger partial charge < -0.3 is 142 Å². The molecule has 9 N–H and O–H groups in total. The van der Waals surface area contributed by atoms with E-state index in [-0.39, 0.29) is 200 Å². The lowest BCUT2D eigenvalue weighted by Crippen LogP contribution is -2.67. The van der Waals surface area contributed by atoms with Crippen LogP contribution in [0.3, 0.4) is 0 Å². The van der Waals surface area contributed by atoms with Crippen LogP contribution in [0, 0.1) is 5.41 Å². The van der Waals surface area contributed by atoms with Gasteiger partial charge in [0.25, 0.3) is 11.8 Å². The van der Waals surface area contributed by atoms with E-state index in [1.165, 1.54) is 27.7 Å². The number of carbonyl (C=O) groups is 18. The minimum absolute atomic E-state index is 0.0121. The number of ether oxygens (including phenoxy) is 19. The van der Waals surface area contributed by atoms with Crippen molar-refractivity contribution in [1.29, 1.82) is 0 Å². The number of nitrogens with one attached hydrogen (secondary N) is 6. The number of aliphatic hydroxyl groups is 3. The number of unbranched alkanes of at least 4 members (excludes halogenated alkanes) is 3. The lowest BCUT2D eigenvalue weighted by molar-refractivity contribution is -0.283. The van der Waals surface area contributed by atoms with Crippen molar-refractivity contribution >= 4 is 107 Å². The Kier molecular flexibility index (Phi) is 53.4. The molecule has 8 amide bonds. The summed E-state index contributed by atoms with van der Waals surface area (Å²) >= 11 is 0. The predicted octanol–water partition coefficient (Wildman–Crippen LogP) is -2.44. The SMILES string of the molecule is CC(=O)NC1C(OCCCCC(=O)NCCCOC(=O)CCOCC(COCCC(=O)OCCCNC(=O)CCCCOC2OC(COC(C)=O)C(O)C(OC(C)=O)C2NC(C)=O)(COCCC(=O)OCCCNC(=O)CCCCOC2OC([C@H](C)OC(C)=O)C(O)C(OC(C)=O)C2NC(C)=O)COCCC(=O)ON2C(=O)CCC2=O)OC(COC(C)=O)C(O)C1OC(C)=O. The third-order valence-corrected chi connectivity index (χ3v) is 19.3. The van der Waals surface area contributed by atoms with Crippen LogP contribution in [-0.2, 0) is 181 Å². The first-order chi connectivity index (χ1) is 61.8. The van der Waals surface area contributed by atoms with Crippen LogP contribution in [0.1, 0.15) is 185 Å². The van der Waals surface area contributed by atoms with Crippen LogP contribution in [0.2, 0.25) is 0 Å². The average Bonchev–Trinajstić information content (AvgIpc) is 0.868. The molecule has 738 valence electrons. The first-order valence-corrected chi connectivity index (χ1v) is 43.1. The number of esters is 9. The number of hydrogen-bond acceptors (Lipinski definition) is 41. The molecule has 15 unspecified atom stereocenters. The number of aliphatic hydroxyl groups excluding tert-OH is 3. The molecule has 130 heavy (non-hydrogen) atoms. The third kappa shape index (κ3) is 45.3. The van der Waals surface area contributed by atoms with Gasteiger partial charge in [-0.15, -0.1) is 5.06 Å². The Bertz CT molecular complexity index is 3500. The van der Waals surface area contributed by atoms with E-state index < -0.39 is 212 Å². The Balaban J connectivity index is 1.32. The maximum Gasteiger partial charge on any atom is 0.335 e. The highest BCUT2D eigenvalue weighted by Gasteiger charge is 2.53. The summed E-state index contributed by atoms with van der Waals surface area (Å²) in [6.07, 6.45) is -16.0. The minimum Gasteiger partial charge on any atom is -0.466 e. The van der Waals surface area contributed by atoms with Gasteiger partial charge in [-0.25, -0.2) is 4.79 Å². The molecule has 0 bridgehead atoms. The Labute approximate surface area is 751 Å². The van der Waals surface area contributed by atoms with Gasteiger partial charge in [-0.05, 0) is 64.7 Å². The zero-order valence-corrected chi connectivity index (χ0v) is 75.2. The van der Waals surface area contributed by atoms with E-state index in [2.05, 4.69) is 31.9 Å². The van der Waals surface area contributed by atoms with Gasteiger partial charge in [0.05, 0.1) is 104 Å². The quantitative estimate of drug-likeness (QED) is 0.0132. The van der Waals surface area contributed by atoms with E-state index in [0.29, 0.717) is 43.6 Å². The maximum absolute atomic E-state index is 13.0. The molecule has 4 fully saturated rings. The topological polar surface area (TPSA) is 628 Å². The zero-order chi connectivity index (χ0) is 96.3. The van der Waals surface area contributed by atoms with E-state index in [1.807, 2.05) is 0 Å². The van der Waals surface area contributed by atoms with Crippen LogP contribution in [0.5, 0.6) is 0 Å². The monoisotopic (exact) mass is 1870 g/mol. The van der Waals surface area contributed by atoms with Gasteiger partial charge in [0.15, 0.2) is 37.2 Å². The summed E-state index contributed by atoms with van der Waals surface area (Å²) in [5.74, 6) is -11.5. The predicted molar refractivity (Wildman–Crippen MR) is 434 cm³/mol. The molecular formula is C82H129N7O41. The molecule has 0 aromatic heterocycles. The largest absolute Gasteiger partial charge is 0.466 e. The molecule has 48 nitrogen and oxygen atoms in total. The summed E-state index contributed by atoms with van der Waals surface area (Å²) in [4.78, 5) is 227. The summed E-state index contributed by atoms with van der Waals surface area (Å²) in [6.45, 7) is 8.59. The highest BCUT2D eigenvalue weighted by Crippen LogP contribution is 2.31. The van der Waals surface area contributed by atoms with Gasteiger partial charge in [0.1, 0.15) is 74.1 Å². The van der Waals surface area contributed by atoms with Crippen molar-refractivity contribution < 1.29 is 196 Å². The van der Waals surface area contributed by atoms with E-state index in [1.54, 1.807) is 0 Å². The maximum atomic E-state index is 13.0. The van der Waals surface area contributed by atoms with Crippen molar-refractivity contribution in [3.8, 4) is 0 Å². The molecule has 48 heteroatoms. The molecule has 4 rings (SSSR count). The van der Waals surface area contributed by atoms with Crippen molar-refractivity contribution in [2.45, 2.75) is 283 Å². The molecule has 0 spiro atoms. The number of hydrogen-bond donors (Lipinski definition) is 9. The van der Waals surface area contributed by atoms with Gasteiger partial charge in [0, 0.05) is 134 Å². The lowest BCUT2D eigenvalue weighted by Gasteiger charge is -2.45. The Morgan fingerprint density at radius 1 is 0.377 bits per heavy atom. The third-order valence-electron chi connectivity index (χ3n) is 19.3. The van der Waals surface area contributed by atoms with E-state index in [4.69, 9.17) is 94.8 Å². The van der Waals surface area contributed by atoms with Crippen molar-refractivity contribution in [3.63, 3.8) is 0 Å². The molecule has 4 aliphatic rings. The van der Waals surface area contributed by atoms with Crippen LogP contribution < -0.4 is 31.9 Å². The van der Waals surface area contributed by atoms with E-state index in [0.717, 1.165) is 41.5 Å². The number of imide groups is 1. The van der Waals surface area contributed by atoms with E-state index >= 15 is 0 Å². The van der Waals surface area contributed by atoms with Crippen LogP contribution in [0.25, 0.3) is 0 Å².